The van der Waals surface area contributed by atoms with E-state index in [1.165, 1.54) is 109 Å². The minimum atomic E-state index is -2.38. The van der Waals surface area contributed by atoms with Crippen molar-refractivity contribution in [1.29, 1.82) is 0 Å². The van der Waals surface area contributed by atoms with Crippen molar-refractivity contribution in [3.05, 3.63) is 0 Å². The average Bonchev–Trinajstić information content (AvgIpc) is 2.78. The van der Waals surface area contributed by atoms with Gasteiger partial charge in [0.05, 0.1) is 0 Å². The molecule has 0 aliphatic rings. The molecular weight excluding hydrogens is 438 g/mol. The van der Waals surface area contributed by atoms with Crippen LogP contribution in [-0.4, -0.2) is 55.2 Å². The van der Waals surface area contributed by atoms with Gasteiger partial charge in [-0.2, -0.15) is 0 Å². The molecule has 0 heterocycles. The first kappa shape index (κ1) is 34.5. The second kappa shape index (κ2) is 24.5. The Morgan fingerprint density at radius 2 is 0.906 bits per heavy atom. The van der Waals surface area contributed by atoms with E-state index < -0.39 is 8.80 Å². The minimum absolute atomic E-state index is 0. The number of hydrogen-bond donors (Lipinski definition) is 0. The van der Waals surface area contributed by atoms with Crippen LogP contribution >= 0.6 is 12.4 Å². The third kappa shape index (κ3) is 18.7. The maximum absolute atomic E-state index is 5.52. The van der Waals surface area contributed by atoms with E-state index in [9.17, 15) is 0 Å². The Bertz CT molecular complexity index is 363. The fourth-order valence-electron chi connectivity index (χ4n) is 4.51. The van der Waals surface area contributed by atoms with Crippen LogP contribution in [0.3, 0.4) is 0 Å². The molecule has 1 atom stereocenters. The molecule has 0 saturated carbocycles. The lowest BCUT2D eigenvalue weighted by Crippen LogP contribution is -2.42. The van der Waals surface area contributed by atoms with Gasteiger partial charge in [-0.3, -0.25) is 0 Å². The normalized spacial score (nSPS) is 12.8. The van der Waals surface area contributed by atoms with E-state index in [1.807, 2.05) is 0 Å². The highest BCUT2D eigenvalue weighted by molar-refractivity contribution is 6.60. The summed E-state index contributed by atoms with van der Waals surface area (Å²) in [7, 11) is 7.22. The standard InChI is InChI=1S/C26H57NO3Si.ClH/c1-7-8-9-10-11-12-13-14-15-16-17-18-20-23-26(27(2)3)24-21-19-22-25-31(28-4,29-5)30-6;/h26H,7-25H2,1-6H3;1H. The highest BCUT2D eigenvalue weighted by atomic mass is 35.5. The maximum atomic E-state index is 5.52. The number of nitrogens with zero attached hydrogens (tertiary/aromatic N) is 1. The Hall–Kier alpha value is 0.347. The van der Waals surface area contributed by atoms with Gasteiger partial charge in [-0.25, -0.2) is 0 Å². The highest BCUT2D eigenvalue weighted by Gasteiger charge is 2.36. The molecule has 32 heavy (non-hydrogen) atoms. The zero-order valence-corrected chi connectivity index (χ0v) is 24.4. The first-order chi connectivity index (χ1) is 15.0. The van der Waals surface area contributed by atoms with Crippen molar-refractivity contribution in [3.8, 4) is 0 Å². The Kier molecular flexibility index (Phi) is 26.4. The van der Waals surface area contributed by atoms with Crippen LogP contribution in [0.15, 0.2) is 0 Å². The Labute approximate surface area is 209 Å². The third-order valence-corrected chi connectivity index (χ3v) is 9.66. The predicted molar refractivity (Wildman–Crippen MR) is 145 cm³/mol. The van der Waals surface area contributed by atoms with Crippen molar-refractivity contribution in [2.75, 3.05) is 35.4 Å². The lowest BCUT2D eigenvalue weighted by Gasteiger charge is -2.25. The van der Waals surface area contributed by atoms with Crippen LogP contribution < -0.4 is 0 Å². The summed E-state index contributed by atoms with van der Waals surface area (Å²) in [6, 6.07) is 1.64. The largest absolute Gasteiger partial charge is 0.500 e. The monoisotopic (exact) mass is 495 g/mol. The molecule has 196 valence electrons. The number of unbranched alkanes of at least 4 members (excludes halogenated alkanes) is 14. The van der Waals surface area contributed by atoms with Gasteiger partial charge >= 0.3 is 8.80 Å². The van der Waals surface area contributed by atoms with Gasteiger partial charge in [-0.15, -0.1) is 12.4 Å². The van der Waals surface area contributed by atoms with E-state index in [0.717, 1.165) is 18.5 Å². The van der Waals surface area contributed by atoms with E-state index in [2.05, 4.69) is 25.9 Å². The van der Waals surface area contributed by atoms with Crippen molar-refractivity contribution in [3.63, 3.8) is 0 Å². The summed E-state index contributed by atoms with van der Waals surface area (Å²) in [5.41, 5.74) is 0. The summed E-state index contributed by atoms with van der Waals surface area (Å²) >= 11 is 0. The molecule has 0 amide bonds. The third-order valence-electron chi connectivity index (χ3n) is 6.82. The Morgan fingerprint density at radius 3 is 1.25 bits per heavy atom. The zero-order valence-electron chi connectivity index (χ0n) is 22.6. The molecule has 0 aliphatic heterocycles. The first-order valence-corrected chi connectivity index (χ1v) is 15.3. The van der Waals surface area contributed by atoms with E-state index in [0.29, 0.717) is 0 Å². The summed E-state index contributed by atoms with van der Waals surface area (Å²) in [6.07, 6.45) is 24.9. The molecule has 0 spiro atoms. The van der Waals surface area contributed by atoms with E-state index in [4.69, 9.17) is 13.3 Å². The van der Waals surface area contributed by atoms with E-state index in [-0.39, 0.29) is 12.4 Å². The molecule has 6 heteroatoms. The quantitative estimate of drug-likeness (QED) is 0.0995. The topological polar surface area (TPSA) is 30.9 Å². The Balaban J connectivity index is 0. The number of hydrogen-bond acceptors (Lipinski definition) is 4. The zero-order chi connectivity index (χ0) is 23.2. The molecule has 1 unspecified atom stereocenters. The van der Waals surface area contributed by atoms with Gasteiger partial charge in [0.15, 0.2) is 0 Å². The van der Waals surface area contributed by atoms with Crippen molar-refractivity contribution < 1.29 is 13.3 Å². The van der Waals surface area contributed by atoms with Gasteiger partial charge in [0.1, 0.15) is 0 Å². The van der Waals surface area contributed by atoms with Crippen LogP contribution in [0.4, 0.5) is 0 Å². The maximum Gasteiger partial charge on any atom is 0.500 e. The van der Waals surface area contributed by atoms with Gasteiger partial charge < -0.3 is 18.2 Å². The van der Waals surface area contributed by atoms with Crippen molar-refractivity contribution in [2.45, 2.75) is 135 Å². The summed E-state index contributed by atoms with van der Waals surface area (Å²) in [5, 5.41) is 0. The van der Waals surface area contributed by atoms with Crippen LogP contribution in [0.5, 0.6) is 0 Å². The van der Waals surface area contributed by atoms with Crippen LogP contribution in [-0.2, 0) is 13.3 Å². The SMILES string of the molecule is CCCCCCCCCCCCCCCC(CCCCC[Si](OC)(OC)OC)N(C)C.Cl. The molecule has 0 aromatic rings. The summed E-state index contributed by atoms with van der Waals surface area (Å²) in [6.45, 7) is 2.29. The van der Waals surface area contributed by atoms with Gasteiger partial charge in [-0.05, 0) is 33.4 Å². The van der Waals surface area contributed by atoms with Gasteiger partial charge in [0.25, 0.3) is 0 Å². The molecule has 4 nitrogen and oxygen atoms in total. The van der Waals surface area contributed by atoms with Gasteiger partial charge in [-0.1, -0.05) is 103 Å². The van der Waals surface area contributed by atoms with Crippen molar-refractivity contribution in [2.24, 2.45) is 0 Å². The molecule has 0 N–H and O–H groups in total. The second-order valence-electron chi connectivity index (χ2n) is 9.54. The Morgan fingerprint density at radius 1 is 0.562 bits per heavy atom. The first-order valence-electron chi connectivity index (χ1n) is 13.4. The molecule has 0 rings (SSSR count). The molecular formula is C26H58ClNO3Si. The molecule has 0 saturated heterocycles. The second-order valence-corrected chi connectivity index (χ2v) is 12.6. The summed E-state index contributed by atoms with van der Waals surface area (Å²) in [4.78, 5) is 2.43. The molecule has 0 fully saturated rings. The lowest BCUT2D eigenvalue weighted by molar-refractivity contribution is 0.122. The summed E-state index contributed by atoms with van der Waals surface area (Å²) in [5.74, 6) is 0. The average molecular weight is 496 g/mol. The van der Waals surface area contributed by atoms with Gasteiger partial charge in [0.2, 0.25) is 0 Å². The molecule has 0 bridgehead atoms. The van der Waals surface area contributed by atoms with E-state index in [1.54, 1.807) is 21.3 Å². The predicted octanol–water partition coefficient (Wildman–Crippen LogP) is 8.26. The van der Waals surface area contributed by atoms with Crippen LogP contribution in [0, 0.1) is 0 Å². The van der Waals surface area contributed by atoms with Gasteiger partial charge in [0, 0.05) is 33.4 Å². The summed E-state index contributed by atoms with van der Waals surface area (Å²) < 4.78 is 16.6. The highest BCUT2D eigenvalue weighted by Crippen LogP contribution is 2.20. The van der Waals surface area contributed by atoms with E-state index >= 15 is 0 Å². The fraction of sp³-hybridized carbons (Fsp3) is 1.00. The lowest BCUT2D eigenvalue weighted by atomic mass is 10.00. The van der Waals surface area contributed by atoms with Crippen molar-refractivity contribution >= 4 is 21.2 Å². The van der Waals surface area contributed by atoms with Crippen LogP contribution in [0.2, 0.25) is 6.04 Å². The van der Waals surface area contributed by atoms with Crippen LogP contribution in [0.1, 0.15) is 122 Å². The molecule has 0 radical (unpaired) electrons. The smallest absolute Gasteiger partial charge is 0.377 e. The minimum Gasteiger partial charge on any atom is -0.377 e. The molecule has 0 aromatic heterocycles. The molecule has 0 aliphatic carbocycles. The number of rotatable bonds is 24. The fourth-order valence-corrected chi connectivity index (χ4v) is 6.31. The van der Waals surface area contributed by atoms with Crippen LogP contribution in [0.25, 0.3) is 0 Å². The molecule has 0 aromatic carbocycles. The van der Waals surface area contributed by atoms with Crippen molar-refractivity contribution in [1.82, 2.24) is 4.90 Å². The number of halogens is 1.